The van der Waals surface area contributed by atoms with Gasteiger partial charge in [-0.3, -0.25) is 9.69 Å². The zero-order chi connectivity index (χ0) is 23.9. The normalized spacial score (nSPS) is 15.8. The number of carbonyl (C=O) groups is 1. The van der Waals surface area contributed by atoms with Crippen molar-refractivity contribution in [3.63, 3.8) is 0 Å². The van der Waals surface area contributed by atoms with Crippen molar-refractivity contribution in [3.05, 3.63) is 46.1 Å². The summed E-state index contributed by atoms with van der Waals surface area (Å²) in [6, 6.07) is 5.07. The fourth-order valence-electron chi connectivity index (χ4n) is 3.10. The van der Waals surface area contributed by atoms with E-state index in [4.69, 9.17) is 0 Å². The first kappa shape index (κ1) is 24.2. The molecular weight excluding hydrogens is 512 g/mol. The molecule has 32 heavy (non-hydrogen) atoms. The first-order valence-corrected chi connectivity index (χ1v) is 9.78. The molecule has 0 aliphatic carbocycles. The van der Waals surface area contributed by atoms with Crippen LogP contribution < -0.4 is 10.2 Å². The number of anilines is 2. The number of benzene rings is 1. The van der Waals surface area contributed by atoms with E-state index in [1.165, 1.54) is 12.1 Å². The number of nitrogens with zero attached hydrogens (tertiary/aromatic N) is 4. The lowest BCUT2D eigenvalue weighted by molar-refractivity contribution is -0.376. The Balaban J connectivity index is 1.92. The van der Waals surface area contributed by atoms with Crippen molar-refractivity contribution in [2.75, 3.05) is 37.0 Å². The Hall–Kier alpha value is -2.45. The summed E-state index contributed by atoms with van der Waals surface area (Å²) in [7, 11) is 1.90. The van der Waals surface area contributed by atoms with E-state index in [2.05, 4.69) is 26.1 Å². The first-order valence-electron chi connectivity index (χ1n) is 8.98. The molecule has 2 heterocycles. The zero-order valence-electron chi connectivity index (χ0n) is 16.3. The molecule has 0 bridgehead atoms. The molecule has 14 heteroatoms. The largest absolute Gasteiger partial charge is 0.430 e. The van der Waals surface area contributed by atoms with Gasteiger partial charge < -0.3 is 15.3 Å². The molecule has 2 aromatic rings. The average Bonchev–Trinajstić information content (AvgIpc) is 3.13. The van der Waals surface area contributed by atoms with Crippen LogP contribution in [0.2, 0.25) is 0 Å². The van der Waals surface area contributed by atoms with Crippen molar-refractivity contribution in [2.24, 2.45) is 0 Å². The molecule has 0 atom stereocenters. The molecule has 1 fully saturated rings. The van der Waals surface area contributed by atoms with Crippen molar-refractivity contribution < 1.29 is 36.2 Å². The van der Waals surface area contributed by atoms with E-state index in [-0.39, 0.29) is 10.2 Å². The van der Waals surface area contributed by atoms with E-state index in [0.717, 1.165) is 18.7 Å². The van der Waals surface area contributed by atoms with Crippen LogP contribution >= 0.6 is 15.9 Å². The van der Waals surface area contributed by atoms with E-state index in [1.807, 2.05) is 22.2 Å². The molecule has 7 nitrogen and oxygen atoms in total. The minimum absolute atomic E-state index is 0.169. The highest BCUT2D eigenvalue weighted by molar-refractivity contribution is 9.10. The second-order valence-electron chi connectivity index (χ2n) is 7.11. The highest BCUT2D eigenvalue weighted by Gasteiger charge is 2.72. The number of rotatable bonds is 4. The SMILES string of the molecule is CN1CCN(c2ccc(C(=O)Nc3ccc(Br)cc3C(O)(C(F)(F)F)C(F)(F)F)nn2)C1. The molecule has 2 N–H and O–H groups in total. The van der Waals surface area contributed by atoms with E-state index in [9.17, 15) is 36.2 Å². The highest BCUT2D eigenvalue weighted by Crippen LogP contribution is 2.52. The van der Waals surface area contributed by atoms with Crippen LogP contribution in [0.4, 0.5) is 37.8 Å². The van der Waals surface area contributed by atoms with Crippen molar-refractivity contribution in [3.8, 4) is 0 Å². The second kappa shape index (κ2) is 8.48. The van der Waals surface area contributed by atoms with Gasteiger partial charge in [-0.15, -0.1) is 10.2 Å². The lowest BCUT2D eigenvalue weighted by Gasteiger charge is -2.34. The van der Waals surface area contributed by atoms with Crippen molar-refractivity contribution in [2.45, 2.75) is 18.0 Å². The van der Waals surface area contributed by atoms with E-state index in [1.54, 1.807) is 0 Å². The summed E-state index contributed by atoms with van der Waals surface area (Å²) in [6.45, 7) is 2.04. The summed E-state index contributed by atoms with van der Waals surface area (Å²) in [5.41, 5.74) is -8.03. The number of aromatic nitrogens is 2. The van der Waals surface area contributed by atoms with E-state index >= 15 is 0 Å². The molecule has 0 unspecified atom stereocenters. The third kappa shape index (κ3) is 4.52. The maximum Gasteiger partial charge on any atom is 0.430 e. The van der Waals surface area contributed by atoms with Crippen LogP contribution in [0.1, 0.15) is 16.1 Å². The molecule has 1 aromatic heterocycles. The van der Waals surface area contributed by atoms with Crippen LogP contribution in [0.5, 0.6) is 0 Å². The van der Waals surface area contributed by atoms with Gasteiger partial charge in [0, 0.05) is 28.8 Å². The molecule has 1 saturated heterocycles. The predicted molar refractivity (Wildman–Crippen MR) is 105 cm³/mol. The summed E-state index contributed by atoms with van der Waals surface area (Å²) >= 11 is 2.79. The van der Waals surface area contributed by atoms with Crippen LogP contribution in [0.15, 0.2) is 34.8 Å². The molecule has 0 radical (unpaired) electrons. The number of amides is 1. The fraction of sp³-hybridized carbons (Fsp3) is 0.389. The predicted octanol–water partition coefficient (Wildman–Crippen LogP) is 3.51. The zero-order valence-corrected chi connectivity index (χ0v) is 17.9. The van der Waals surface area contributed by atoms with Gasteiger partial charge in [0.1, 0.15) is 0 Å². The summed E-state index contributed by atoms with van der Waals surface area (Å²) in [6.07, 6.45) is -12.2. The van der Waals surface area contributed by atoms with Crippen LogP contribution in [-0.2, 0) is 5.60 Å². The maximum absolute atomic E-state index is 13.3. The monoisotopic (exact) mass is 527 g/mol. The van der Waals surface area contributed by atoms with Crippen molar-refractivity contribution in [1.82, 2.24) is 15.1 Å². The summed E-state index contributed by atoms with van der Waals surface area (Å²) in [4.78, 5) is 16.4. The van der Waals surface area contributed by atoms with Crippen molar-refractivity contribution in [1.29, 1.82) is 0 Å². The molecule has 0 saturated carbocycles. The lowest BCUT2D eigenvalue weighted by Crippen LogP contribution is -2.54. The number of hydrogen-bond acceptors (Lipinski definition) is 6. The number of carbonyl (C=O) groups excluding carboxylic acids is 1. The Kier molecular flexibility index (Phi) is 6.41. The quantitative estimate of drug-likeness (QED) is 0.592. The van der Waals surface area contributed by atoms with Crippen LogP contribution in [-0.4, -0.2) is 65.3 Å². The number of halogens is 7. The van der Waals surface area contributed by atoms with Crippen LogP contribution in [0, 0.1) is 0 Å². The molecule has 1 aliphatic heterocycles. The standard InChI is InChI=1S/C18H16BrF6N5O2/c1-29-6-7-30(9-29)14-5-4-13(27-28-14)15(31)26-12-3-2-10(19)8-11(12)16(32,17(20,21)22)18(23,24)25/h2-5,8,32H,6-7,9H2,1H3,(H,26,31). The van der Waals surface area contributed by atoms with Gasteiger partial charge in [0.05, 0.1) is 6.67 Å². The Morgan fingerprint density at radius 1 is 1.06 bits per heavy atom. The second-order valence-corrected chi connectivity index (χ2v) is 8.03. The summed E-state index contributed by atoms with van der Waals surface area (Å²) in [5.74, 6) is -0.642. The molecule has 0 spiro atoms. The molecule has 174 valence electrons. The molecule has 1 aromatic carbocycles. The Morgan fingerprint density at radius 3 is 2.22 bits per heavy atom. The average molecular weight is 528 g/mol. The number of alkyl halides is 6. The maximum atomic E-state index is 13.3. The fourth-order valence-corrected chi connectivity index (χ4v) is 3.46. The number of hydrogen-bond donors (Lipinski definition) is 2. The molecule has 1 amide bonds. The topological polar surface area (TPSA) is 81.6 Å². The summed E-state index contributed by atoms with van der Waals surface area (Å²) < 4.78 is 79.9. The molecular formula is C18H16BrF6N5O2. The summed E-state index contributed by atoms with van der Waals surface area (Å²) in [5, 5.41) is 19.3. The third-order valence-electron chi connectivity index (χ3n) is 4.81. The van der Waals surface area contributed by atoms with Crippen LogP contribution in [0.25, 0.3) is 0 Å². The molecule has 1 aliphatic rings. The van der Waals surface area contributed by atoms with Crippen molar-refractivity contribution >= 4 is 33.3 Å². The Morgan fingerprint density at radius 2 is 1.72 bits per heavy atom. The number of likely N-dealkylation sites (N-methyl/N-ethyl adjacent to an activating group) is 1. The lowest BCUT2D eigenvalue weighted by atomic mass is 9.90. The van der Waals surface area contributed by atoms with Gasteiger partial charge in [0.2, 0.25) is 0 Å². The number of aliphatic hydroxyl groups is 1. The Labute approximate surface area is 186 Å². The van der Waals surface area contributed by atoms with Gasteiger partial charge in [-0.05, 0) is 37.4 Å². The van der Waals surface area contributed by atoms with E-state index < -0.39 is 35.1 Å². The first-order chi connectivity index (χ1) is 14.7. The van der Waals surface area contributed by atoms with Gasteiger partial charge in [-0.2, -0.15) is 26.3 Å². The van der Waals surface area contributed by atoms with Gasteiger partial charge in [0.25, 0.3) is 11.5 Å². The highest BCUT2D eigenvalue weighted by atomic mass is 79.9. The van der Waals surface area contributed by atoms with Gasteiger partial charge in [0.15, 0.2) is 11.5 Å². The van der Waals surface area contributed by atoms with E-state index in [0.29, 0.717) is 25.1 Å². The Bertz CT molecular complexity index is 985. The molecule has 3 rings (SSSR count). The smallest absolute Gasteiger partial charge is 0.369 e. The van der Waals surface area contributed by atoms with Gasteiger partial charge >= 0.3 is 12.4 Å². The van der Waals surface area contributed by atoms with Gasteiger partial charge in [-0.1, -0.05) is 15.9 Å². The van der Waals surface area contributed by atoms with Crippen LogP contribution in [0.3, 0.4) is 0 Å². The van der Waals surface area contributed by atoms with Gasteiger partial charge in [-0.25, -0.2) is 0 Å². The number of nitrogens with one attached hydrogen (secondary N) is 1. The minimum atomic E-state index is -6.12. The third-order valence-corrected chi connectivity index (χ3v) is 5.30. The minimum Gasteiger partial charge on any atom is -0.369 e.